The SMILES string of the molecule is CCC1C=NNC1C.NN.O. The van der Waals surface area contributed by atoms with Gasteiger partial charge in [-0.3, -0.25) is 11.7 Å². The molecule has 0 aromatic rings. The Morgan fingerprint density at radius 3 is 2.27 bits per heavy atom. The topological polar surface area (TPSA) is 108 Å². The van der Waals surface area contributed by atoms with E-state index in [0.717, 1.165) is 0 Å². The molecule has 0 aromatic heterocycles. The summed E-state index contributed by atoms with van der Waals surface area (Å²) in [6.07, 6.45) is 3.18. The van der Waals surface area contributed by atoms with Gasteiger partial charge in [-0.2, -0.15) is 5.10 Å². The molecule has 1 aliphatic rings. The van der Waals surface area contributed by atoms with Crippen LogP contribution >= 0.6 is 0 Å². The summed E-state index contributed by atoms with van der Waals surface area (Å²) in [5.41, 5.74) is 2.99. The van der Waals surface area contributed by atoms with Gasteiger partial charge in [0.25, 0.3) is 0 Å². The van der Waals surface area contributed by atoms with Crippen LogP contribution in [0.5, 0.6) is 0 Å². The first-order chi connectivity index (χ1) is 4.84. The molecule has 0 amide bonds. The van der Waals surface area contributed by atoms with Gasteiger partial charge in [0.05, 0.1) is 0 Å². The Kier molecular flexibility index (Phi) is 8.80. The average molecular weight is 162 g/mol. The van der Waals surface area contributed by atoms with E-state index in [1.807, 2.05) is 6.21 Å². The van der Waals surface area contributed by atoms with Crippen LogP contribution in [0.1, 0.15) is 20.3 Å². The molecule has 0 spiro atoms. The number of nitrogens with two attached hydrogens (primary N) is 2. The summed E-state index contributed by atoms with van der Waals surface area (Å²) < 4.78 is 0. The van der Waals surface area contributed by atoms with Crippen molar-refractivity contribution in [2.24, 2.45) is 22.7 Å². The minimum absolute atomic E-state index is 0. The fraction of sp³-hybridized carbons (Fsp3) is 0.833. The summed E-state index contributed by atoms with van der Waals surface area (Å²) in [7, 11) is 0. The molecule has 1 rings (SSSR count). The van der Waals surface area contributed by atoms with E-state index in [1.165, 1.54) is 6.42 Å². The van der Waals surface area contributed by atoms with E-state index in [0.29, 0.717) is 12.0 Å². The van der Waals surface area contributed by atoms with Crippen LogP contribution in [0, 0.1) is 5.92 Å². The zero-order valence-electron chi connectivity index (χ0n) is 7.04. The normalized spacial score (nSPS) is 26.2. The van der Waals surface area contributed by atoms with E-state index >= 15 is 0 Å². The highest BCUT2D eigenvalue weighted by atomic mass is 16.0. The van der Waals surface area contributed by atoms with Crippen LogP contribution in [0.4, 0.5) is 0 Å². The summed E-state index contributed by atoms with van der Waals surface area (Å²) in [6, 6.07) is 0.556. The van der Waals surface area contributed by atoms with Crippen molar-refractivity contribution in [3.8, 4) is 0 Å². The van der Waals surface area contributed by atoms with Crippen molar-refractivity contribution in [1.82, 2.24) is 5.43 Å². The van der Waals surface area contributed by atoms with Crippen LogP contribution in [-0.4, -0.2) is 17.7 Å². The van der Waals surface area contributed by atoms with Crippen LogP contribution in [0.2, 0.25) is 0 Å². The maximum atomic E-state index is 4.00. The highest BCUT2D eigenvalue weighted by Crippen LogP contribution is 2.09. The molecule has 2 atom stereocenters. The minimum Gasteiger partial charge on any atom is -0.412 e. The smallest absolute Gasteiger partial charge is 0.0490 e. The Bertz CT molecular complexity index is 107. The monoisotopic (exact) mass is 162 g/mol. The lowest BCUT2D eigenvalue weighted by atomic mass is 10.0. The fourth-order valence-electron chi connectivity index (χ4n) is 0.940. The van der Waals surface area contributed by atoms with Gasteiger partial charge in [-0.15, -0.1) is 0 Å². The zero-order valence-corrected chi connectivity index (χ0v) is 7.04. The number of hydrazine groups is 1. The van der Waals surface area contributed by atoms with Gasteiger partial charge in [0.15, 0.2) is 0 Å². The molecule has 0 fully saturated rings. The van der Waals surface area contributed by atoms with Crippen LogP contribution in [0.15, 0.2) is 5.10 Å². The zero-order chi connectivity index (χ0) is 7.98. The van der Waals surface area contributed by atoms with Gasteiger partial charge < -0.3 is 10.9 Å². The average Bonchev–Trinajstić information content (AvgIpc) is 2.39. The quantitative estimate of drug-likeness (QED) is 0.339. The fourth-order valence-corrected chi connectivity index (χ4v) is 0.940. The second-order valence-corrected chi connectivity index (χ2v) is 2.27. The highest BCUT2D eigenvalue weighted by molar-refractivity contribution is 5.63. The molecule has 2 unspecified atom stereocenters. The van der Waals surface area contributed by atoms with Crippen molar-refractivity contribution in [2.45, 2.75) is 26.3 Å². The van der Waals surface area contributed by atoms with Crippen molar-refractivity contribution in [3.63, 3.8) is 0 Å². The molecule has 68 valence electrons. The Labute approximate surface area is 67.1 Å². The Morgan fingerprint density at radius 2 is 2.09 bits per heavy atom. The van der Waals surface area contributed by atoms with E-state index in [1.54, 1.807) is 0 Å². The molecule has 0 aromatic carbocycles. The number of nitrogens with zero attached hydrogens (tertiary/aromatic N) is 1. The van der Waals surface area contributed by atoms with Crippen LogP contribution in [-0.2, 0) is 0 Å². The van der Waals surface area contributed by atoms with Crippen molar-refractivity contribution in [3.05, 3.63) is 0 Å². The lowest BCUT2D eigenvalue weighted by Crippen LogP contribution is -2.22. The molecule has 0 aliphatic carbocycles. The molecule has 7 N–H and O–H groups in total. The van der Waals surface area contributed by atoms with E-state index in [-0.39, 0.29) is 5.48 Å². The molecule has 11 heavy (non-hydrogen) atoms. The van der Waals surface area contributed by atoms with Crippen LogP contribution in [0.3, 0.4) is 0 Å². The predicted octanol–water partition coefficient (Wildman–Crippen LogP) is -1.02. The summed E-state index contributed by atoms with van der Waals surface area (Å²) in [4.78, 5) is 0. The number of nitrogens with one attached hydrogen (secondary N) is 1. The third kappa shape index (κ3) is 3.92. The number of hydrazone groups is 1. The van der Waals surface area contributed by atoms with E-state index in [4.69, 9.17) is 0 Å². The molecule has 0 saturated heterocycles. The first kappa shape index (κ1) is 13.0. The molecule has 5 heteroatoms. The summed E-state index contributed by atoms with van der Waals surface area (Å²) >= 11 is 0. The molecular weight excluding hydrogens is 144 g/mol. The van der Waals surface area contributed by atoms with Crippen molar-refractivity contribution in [2.75, 3.05) is 0 Å². The first-order valence-corrected chi connectivity index (χ1v) is 3.46. The third-order valence-corrected chi connectivity index (χ3v) is 1.66. The Balaban J connectivity index is 0. The number of hydrogen-bond donors (Lipinski definition) is 3. The number of rotatable bonds is 1. The molecule has 0 saturated carbocycles. The van der Waals surface area contributed by atoms with Crippen LogP contribution < -0.4 is 17.1 Å². The summed E-state index contributed by atoms with van der Waals surface area (Å²) in [6.45, 7) is 4.33. The standard InChI is InChI=1S/C6H12N2.H4N2.H2O/c1-3-6-4-7-8-5(6)2;1-2;/h4-6,8H,3H2,1-2H3;1-2H2;1H2. The Morgan fingerprint density at radius 1 is 1.55 bits per heavy atom. The minimum atomic E-state index is 0. The largest absolute Gasteiger partial charge is 0.412 e. The van der Waals surface area contributed by atoms with Crippen molar-refractivity contribution >= 4 is 6.21 Å². The lowest BCUT2D eigenvalue weighted by Gasteiger charge is -2.08. The van der Waals surface area contributed by atoms with Gasteiger partial charge in [0, 0.05) is 18.2 Å². The van der Waals surface area contributed by atoms with Gasteiger partial charge in [0.2, 0.25) is 0 Å². The van der Waals surface area contributed by atoms with Gasteiger partial charge in [-0.05, 0) is 13.3 Å². The second kappa shape index (κ2) is 7.46. The van der Waals surface area contributed by atoms with Gasteiger partial charge in [-0.1, -0.05) is 6.92 Å². The van der Waals surface area contributed by atoms with E-state index in [9.17, 15) is 0 Å². The maximum Gasteiger partial charge on any atom is 0.0490 e. The van der Waals surface area contributed by atoms with E-state index in [2.05, 4.69) is 36.1 Å². The predicted molar refractivity (Wildman–Crippen MR) is 46.9 cm³/mol. The molecule has 0 radical (unpaired) electrons. The second-order valence-electron chi connectivity index (χ2n) is 2.27. The molecule has 5 nitrogen and oxygen atoms in total. The molecule has 1 aliphatic heterocycles. The Hall–Kier alpha value is -0.650. The maximum absolute atomic E-state index is 4.00. The van der Waals surface area contributed by atoms with Crippen molar-refractivity contribution in [1.29, 1.82) is 0 Å². The summed E-state index contributed by atoms with van der Waals surface area (Å²) in [5, 5.41) is 3.94. The molecule has 1 heterocycles. The lowest BCUT2D eigenvalue weighted by molar-refractivity contribution is 0.504. The summed E-state index contributed by atoms with van der Waals surface area (Å²) in [5.74, 6) is 8.66. The van der Waals surface area contributed by atoms with Crippen molar-refractivity contribution < 1.29 is 5.48 Å². The molecular formula is C6H18N4O. The van der Waals surface area contributed by atoms with E-state index < -0.39 is 0 Å². The number of hydrogen-bond acceptors (Lipinski definition) is 4. The van der Waals surface area contributed by atoms with Gasteiger partial charge in [0.1, 0.15) is 0 Å². The van der Waals surface area contributed by atoms with Gasteiger partial charge >= 0.3 is 0 Å². The third-order valence-electron chi connectivity index (χ3n) is 1.66. The van der Waals surface area contributed by atoms with Crippen LogP contribution in [0.25, 0.3) is 0 Å². The molecule has 0 bridgehead atoms. The highest BCUT2D eigenvalue weighted by Gasteiger charge is 2.15. The van der Waals surface area contributed by atoms with Gasteiger partial charge in [-0.25, -0.2) is 0 Å². The first-order valence-electron chi connectivity index (χ1n) is 3.46.